The first kappa shape index (κ1) is 12.1. The molecule has 0 aromatic carbocycles. The smallest absolute Gasteiger partial charge is 0.248 e. The second-order valence-electron chi connectivity index (χ2n) is 3.23. The van der Waals surface area contributed by atoms with E-state index in [1.54, 1.807) is 23.3 Å². The van der Waals surface area contributed by atoms with Crippen molar-refractivity contribution in [3.8, 4) is 0 Å². The van der Waals surface area contributed by atoms with Crippen molar-refractivity contribution in [2.45, 2.75) is 20.4 Å². The lowest BCUT2D eigenvalue weighted by Gasteiger charge is -2.15. The van der Waals surface area contributed by atoms with Gasteiger partial charge in [0.05, 0.1) is 11.6 Å². The van der Waals surface area contributed by atoms with Crippen LogP contribution in [0.4, 0.5) is 0 Å². The van der Waals surface area contributed by atoms with Crippen molar-refractivity contribution in [3.63, 3.8) is 0 Å². The molecule has 0 atom stereocenters. The Morgan fingerprint density at radius 2 is 2.40 bits per heavy atom. The van der Waals surface area contributed by atoms with Gasteiger partial charge in [-0.1, -0.05) is 0 Å². The van der Waals surface area contributed by atoms with Crippen LogP contribution >= 0.6 is 11.3 Å². The Kier molecular flexibility index (Phi) is 4.71. The third kappa shape index (κ3) is 3.97. The van der Waals surface area contributed by atoms with Crippen molar-refractivity contribution in [2.24, 2.45) is 0 Å². The molecule has 0 radical (unpaired) electrons. The minimum atomic E-state index is 0.00269. The predicted molar refractivity (Wildman–Crippen MR) is 59.8 cm³/mol. The van der Waals surface area contributed by atoms with Crippen LogP contribution in [0.15, 0.2) is 6.20 Å². The number of aromatic nitrogens is 1. The van der Waals surface area contributed by atoms with Crippen LogP contribution in [-0.2, 0) is 16.1 Å². The highest BCUT2D eigenvalue weighted by molar-refractivity contribution is 7.11. The first-order chi connectivity index (χ1) is 7.13. The van der Waals surface area contributed by atoms with Crippen LogP contribution in [0.5, 0.6) is 0 Å². The van der Waals surface area contributed by atoms with Gasteiger partial charge in [-0.3, -0.25) is 4.79 Å². The van der Waals surface area contributed by atoms with E-state index >= 15 is 0 Å². The minimum Gasteiger partial charge on any atom is -0.372 e. The highest BCUT2D eigenvalue weighted by Crippen LogP contribution is 2.13. The Morgan fingerprint density at radius 1 is 1.67 bits per heavy atom. The Balaban J connectivity index is 2.41. The average Bonchev–Trinajstić information content (AvgIpc) is 2.60. The number of amides is 1. The molecule has 84 valence electrons. The molecule has 1 rings (SSSR count). The van der Waals surface area contributed by atoms with Gasteiger partial charge in [-0.25, -0.2) is 4.98 Å². The summed E-state index contributed by atoms with van der Waals surface area (Å²) >= 11 is 1.61. The van der Waals surface area contributed by atoms with Crippen molar-refractivity contribution < 1.29 is 9.53 Å². The molecule has 0 aliphatic rings. The van der Waals surface area contributed by atoms with E-state index in [9.17, 15) is 4.79 Å². The Labute approximate surface area is 93.9 Å². The highest BCUT2D eigenvalue weighted by Gasteiger charge is 2.10. The van der Waals surface area contributed by atoms with Gasteiger partial charge in [-0.2, -0.15) is 0 Å². The molecule has 1 aromatic heterocycles. The van der Waals surface area contributed by atoms with Crippen LogP contribution < -0.4 is 0 Å². The molecule has 0 spiro atoms. The van der Waals surface area contributed by atoms with Gasteiger partial charge in [-0.15, -0.1) is 11.3 Å². The Morgan fingerprint density at radius 3 is 2.93 bits per heavy atom. The number of carbonyl (C=O) groups excluding carboxylic acids is 1. The van der Waals surface area contributed by atoms with Gasteiger partial charge in [0.15, 0.2) is 0 Å². The van der Waals surface area contributed by atoms with Gasteiger partial charge in [0.2, 0.25) is 5.91 Å². The number of thiazole rings is 1. The summed E-state index contributed by atoms with van der Waals surface area (Å²) in [7, 11) is 1.77. The standard InChI is InChI=1S/C10H16N2O2S/c1-4-14-7-10(13)12(3)6-9-5-11-8(2)15-9/h5H,4,6-7H2,1-3H3. The second-order valence-corrected chi connectivity index (χ2v) is 4.55. The second kappa shape index (κ2) is 5.82. The fraction of sp³-hybridized carbons (Fsp3) is 0.600. The molecule has 0 bridgehead atoms. The van der Waals surface area contributed by atoms with Crippen molar-refractivity contribution in [3.05, 3.63) is 16.1 Å². The summed E-state index contributed by atoms with van der Waals surface area (Å²) in [4.78, 5) is 18.4. The van der Waals surface area contributed by atoms with Gasteiger partial charge >= 0.3 is 0 Å². The monoisotopic (exact) mass is 228 g/mol. The van der Waals surface area contributed by atoms with E-state index in [1.165, 1.54) is 0 Å². The van der Waals surface area contributed by atoms with Crippen LogP contribution in [-0.4, -0.2) is 36.1 Å². The molecule has 0 saturated carbocycles. The van der Waals surface area contributed by atoms with Gasteiger partial charge in [0, 0.05) is 24.7 Å². The Hall–Kier alpha value is -0.940. The van der Waals surface area contributed by atoms with Crippen molar-refractivity contribution in [2.75, 3.05) is 20.3 Å². The molecular formula is C10H16N2O2S. The molecule has 4 nitrogen and oxygen atoms in total. The van der Waals surface area contributed by atoms with E-state index in [0.29, 0.717) is 13.2 Å². The van der Waals surface area contributed by atoms with E-state index in [-0.39, 0.29) is 12.5 Å². The first-order valence-electron chi connectivity index (χ1n) is 4.86. The maximum atomic E-state index is 11.5. The van der Waals surface area contributed by atoms with E-state index in [0.717, 1.165) is 9.88 Å². The van der Waals surface area contributed by atoms with Crippen LogP contribution in [0, 0.1) is 6.92 Å². The highest BCUT2D eigenvalue weighted by atomic mass is 32.1. The van der Waals surface area contributed by atoms with Crippen molar-refractivity contribution in [1.29, 1.82) is 0 Å². The van der Waals surface area contributed by atoms with Crippen LogP contribution in [0.2, 0.25) is 0 Å². The van der Waals surface area contributed by atoms with E-state index in [1.807, 2.05) is 20.0 Å². The van der Waals surface area contributed by atoms with E-state index < -0.39 is 0 Å². The summed E-state index contributed by atoms with van der Waals surface area (Å²) in [6.45, 7) is 5.16. The number of hydrogen-bond acceptors (Lipinski definition) is 4. The lowest BCUT2D eigenvalue weighted by Crippen LogP contribution is -2.29. The zero-order valence-electron chi connectivity index (χ0n) is 9.32. The number of aryl methyl sites for hydroxylation is 1. The molecule has 0 aliphatic heterocycles. The maximum absolute atomic E-state index is 11.5. The fourth-order valence-electron chi connectivity index (χ4n) is 1.10. The molecule has 0 fully saturated rings. The van der Waals surface area contributed by atoms with Gasteiger partial charge in [0.1, 0.15) is 6.61 Å². The Bertz CT molecular complexity index is 325. The SMILES string of the molecule is CCOCC(=O)N(C)Cc1cnc(C)s1. The lowest BCUT2D eigenvalue weighted by atomic mass is 10.4. The number of nitrogens with zero attached hydrogens (tertiary/aromatic N) is 2. The fourth-order valence-corrected chi connectivity index (χ4v) is 1.95. The average molecular weight is 228 g/mol. The zero-order valence-corrected chi connectivity index (χ0v) is 10.1. The molecule has 0 unspecified atom stereocenters. The number of likely N-dealkylation sites (N-methyl/N-ethyl adjacent to an activating group) is 1. The molecular weight excluding hydrogens is 212 g/mol. The summed E-state index contributed by atoms with van der Waals surface area (Å²) in [5.74, 6) is 0.00269. The molecule has 1 amide bonds. The molecule has 0 aliphatic carbocycles. The number of carbonyl (C=O) groups is 1. The third-order valence-corrected chi connectivity index (χ3v) is 2.82. The van der Waals surface area contributed by atoms with Crippen LogP contribution in [0.3, 0.4) is 0 Å². The molecule has 1 aromatic rings. The molecule has 1 heterocycles. The molecule has 15 heavy (non-hydrogen) atoms. The summed E-state index contributed by atoms with van der Waals surface area (Å²) in [5.41, 5.74) is 0. The maximum Gasteiger partial charge on any atom is 0.248 e. The third-order valence-electron chi connectivity index (χ3n) is 1.92. The van der Waals surface area contributed by atoms with Crippen LogP contribution in [0.1, 0.15) is 16.8 Å². The summed E-state index contributed by atoms with van der Waals surface area (Å²) in [6, 6.07) is 0. The molecule has 0 N–H and O–H groups in total. The summed E-state index contributed by atoms with van der Waals surface area (Å²) in [6.07, 6.45) is 1.81. The van der Waals surface area contributed by atoms with E-state index in [4.69, 9.17) is 4.74 Å². The quantitative estimate of drug-likeness (QED) is 0.766. The first-order valence-corrected chi connectivity index (χ1v) is 5.68. The number of ether oxygens (including phenoxy) is 1. The topological polar surface area (TPSA) is 42.4 Å². The molecule has 5 heteroatoms. The molecule has 0 saturated heterocycles. The van der Waals surface area contributed by atoms with Crippen molar-refractivity contribution in [1.82, 2.24) is 9.88 Å². The largest absolute Gasteiger partial charge is 0.372 e. The van der Waals surface area contributed by atoms with Crippen molar-refractivity contribution >= 4 is 17.2 Å². The number of rotatable bonds is 5. The lowest BCUT2D eigenvalue weighted by molar-refractivity contribution is -0.135. The zero-order chi connectivity index (χ0) is 11.3. The normalized spacial score (nSPS) is 10.3. The predicted octanol–water partition coefficient (Wildman–Crippen LogP) is 1.45. The van der Waals surface area contributed by atoms with Gasteiger partial charge in [0.25, 0.3) is 0 Å². The summed E-state index contributed by atoms with van der Waals surface area (Å²) in [5, 5.41) is 1.02. The van der Waals surface area contributed by atoms with Gasteiger partial charge in [-0.05, 0) is 13.8 Å². The van der Waals surface area contributed by atoms with E-state index in [2.05, 4.69) is 4.98 Å². The summed E-state index contributed by atoms with van der Waals surface area (Å²) < 4.78 is 5.06. The number of hydrogen-bond donors (Lipinski definition) is 0. The van der Waals surface area contributed by atoms with Crippen LogP contribution in [0.25, 0.3) is 0 Å². The van der Waals surface area contributed by atoms with Gasteiger partial charge < -0.3 is 9.64 Å². The minimum absolute atomic E-state index is 0.00269.